The highest BCUT2D eigenvalue weighted by Crippen LogP contribution is 2.47. The number of rotatable bonds is 10. The van der Waals surface area contributed by atoms with Gasteiger partial charge in [0.25, 0.3) is 11.8 Å². The number of likely N-dealkylation sites (N-methyl/N-ethyl adjacent to an activating group) is 1. The van der Waals surface area contributed by atoms with Crippen LogP contribution in [0.3, 0.4) is 0 Å². The average Bonchev–Trinajstić information content (AvgIpc) is 3.28. The molecule has 246 valence electrons. The zero-order valence-electron chi connectivity index (χ0n) is 27.1. The van der Waals surface area contributed by atoms with Crippen molar-refractivity contribution in [3.8, 4) is 28.5 Å². The number of hydrogen-bond acceptors (Lipinski definition) is 6. The number of carboxylic acids is 1. The topological polar surface area (TPSA) is 128 Å². The van der Waals surface area contributed by atoms with E-state index in [9.17, 15) is 19.5 Å². The van der Waals surface area contributed by atoms with Crippen LogP contribution in [0.25, 0.3) is 22.2 Å². The second-order valence-electron chi connectivity index (χ2n) is 12.6. The Kier molecular flexibility index (Phi) is 9.11. The lowest BCUT2D eigenvalue weighted by Gasteiger charge is -2.26. The number of carbonyl (C=O) groups excluding carboxylic acids is 2. The number of nitrogens with one attached hydrogen (secondary N) is 2. The molecule has 3 aromatic carbocycles. The van der Waals surface area contributed by atoms with Gasteiger partial charge in [-0.05, 0) is 73.2 Å². The maximum absolute atomic E-state index is 13.8. The lowest BCUT2D eigenvalue weighted by Crippen LogP contribution is -2.53. The van der Waals surface area contributed by atoms with E-state index in [1.54, 1.807) is 37.4 Å². The molecule has 10 nitrogen and oxygen atoms in total. The van der Waals surface area contributed by atoms with Gasteiger partial charge in [-0.25, -0.2) is 4.79 Å². The van der Waals surface area contributed by atoms with Crippen molar-refractivity contribution < 1.29 is 33.7 Å². The van der Waals surface area contributed by atoms with Gasteiger partial charge in [-0.3, -0.25) is 9.59 Å². The molecule has 4 aromatic rings. The lowest BCUT2D eigenvalue weighted by atomic mass is 9.81. The van der Waals surface area contributed by atoms with E-state index in [1.165, 1.54) is 38.8 Å². The fourth-order valence-electron chi connectivity index (χ4n) is 6.87. The number of benzene rings is 3. The highest BCUT2D eigenvalue weighted by atomic mass is 16.5. The van der Waals surface area contributed by atoms with Gasteiger partial charge in [0.15, 0.2) is 6.61 Å². The van der Waals surface area contributed by atoms with Crippen LogP contribution in [0.4, 0.5) is 0 Å². The van der Waals surface area contributed by atoms with Crippen molar-refractivity contribution in [2.45, 2.75) is 63.5 Å². The molecule has 2 heterocycles. The molecule has 2 amide bonds. The molecular formula is C37H41N3O7. The van der Waals surface area contributed by atoms with Crippen LogP contribution < -0.4 is 24.8 Å². The van der Waals surface area contributed by atoms with Gasteiger partial charge in [-0.15, -0.1) is 0 Å². The minimum Gasteiger partial charge on any atom is -0.497 e. The van der Waals surface area contributed by atoms with Crippen molar-refractivity contribution in [2.75, 3.05) is 27.4 Å². The van der Waals surface area contributed by atoms with E-state index in [1.807, 2.05) is 24.3 Å². The summed E-state index contributed by atoms with van der Waals surface area (Å²) >= 11 is 0. The molecule has 2 aliphatic rings. The standard InChI is InChI=1S/C37H41N3O7/c1-37(36(43)44,21-23-9-12-26(13-10-23)47-22-32(41)38-2)39-35(42)25-11-15-28-30(19-25)40-17-18-46-31-20-27(45-3)14-16-29(31)34(40)33(28)24-7-5-4-6-8-24/h9-16,19-20,24H,4-8,17-18,21-22H2,1-3H3,(H,38,41)(H,39,42)(H,43,44)/t37-/m0/s1. The first kappa shape index (κ1) is 32.0. The zero-order chi connectivity index (χ0) is 33.1. The maximum Gasteiger partial charge on any atom is 0.329 e. The van der Waals surface area contributed by atoms with Crippen LogP contribution in [0.15, 0.2) is 60.7 Å². The van der Waals surface area contributed by atoms with E-state index < -0.39 is 17.4 Å². The largest absolute Gasteiger partial charge is 0.497 e. The van der Waals surface area contributed by atoms with Crippen molar-refractivity contribution in [1.82, 2.24) is 15.2 Å². The molecule has 47 heavy (non-hydrogen) atoms. The molecule has 0 unspecified atom stereocenters. The van der Waals surface area contributed by atoms with Gasteiger partial charge in [0, 0.05) is 41.6 Å². The van der Waals surface area contributed by atoms with Gasteiger partial charge in [0.2, 0.25) is 0 Å². The number of amides is 2. The SMILES string of the molecule is CNC(=O)COc1ccc(C[C@](C)(NC(=O)c2ccc3c(C4CCCCC4)c4n(c3c2)CCOc2cc(OC)ccc2-4)C(=O)O)cc1. The number of methoxy groups -OCH3 is 1. The predicted octanol–water partition coefficient (Wildman–Crippen LogP) is 5.70. The van der Waals surface area contributed by atoms with E-state index in [0.717, 1.165) is 46.5 Å². The molecule has 0 bridgehead atoms. The van der Waals surface area contributed by atoms with E-state index in [4.69, 9.17) is 14.2 Å². The quantitative estimate of drug-likeness (QED) is 0.203. The molecule has 0 saturated heterocycles. The van der Waals surface area contributed by atoms with Crippen molar-refractivity contribution in [3.63, 3.8) is 0 Å². The molecule has 1 atom stereocenters. The molecule has 10 heteroatoms. The minimum absolute atomic E-state index is 0.0516. The van der Waals surface area contributed by atoms with Gasteiger partial charge >= 0.3 is 5.97 Å². The molecule has 0 radical (unpaired) electrons. The fourth-order valence-corrected chi connectivity index (χ4v) is 6.87. The maximum atomic E-state index is 13.8. The predicted molar refractivity (Wildman–Crippen MR) is 178 cm³/mol. The van der Waals surface area contributed by atoms with Crippen LogP contribution in [0, 0.1) is 0 Å². The molecule has 1 saturated carbocycles. The third kappa shape index (κ3) is 6.50. The van der Waals surface area contributed by atoms with Crippen LogP contribution >= 0.6 is 0 Å². The molecule has 1 aliphatic heterocycles. The summed E-state index contributed by atoms with van der Waals surface area (Å²) in [6, 6.07) is 18.5. The van der Waals surface area contributed by atoms with Crippen LogP contribution in [-0.2, 0) is 22.6 Å². The molecule has 0 spiro atoms. The first-order valence-corrected chi connectivity index (χ1v) is 16.2. The average molecular weight is 640 g/mol. The third-order valence-electron chi connectivity index (χ3n) is 9.39. The van der Waals surface area contributed by atoms with Crippen molar-refractivity contribution >= 4 is 28.7 Å². The molecular weight excluding hydrogens is 598 g/mol. The first-order valence-electron chi connectivity index (χ1n) is 16.2. The van der Waals surface area contributed by atoms with E-state index >= 15 is 0 Å². The summed E-state index contributed by atoms with van der Waals surface area (Å²) < 4.78 is 19.4. The summed E-state index contributed by atoms with van der Waals surface area (Å²) in [5, 5.41) is 16.7. The van der Waals surface area contributed by atoms with Crippen LogP contribution in [0.1, 0.15) is 66.4 Å². The summed E-state index contributed by atoms with van der Waals surface area (Å²) in [6.45, 7) is 2.46. The number of fused-ring (bicyclic) bond motifs is 5. The number of ether oxygens (including phenoxy) is 3. The number of aliphatic carboxylic acids is 1. The van der Waals surface area contributed by atoms with Crippen molar-refractivity contribution in [1.29, 1.82) is 0 Å². The highest BCUT2D eigenvalue weighted by molar-refractivity contribution is 6.03. The normalized spacial score (nSPS) is 15.7. The molecule has 1 aliphatic carbocycles. The summed E-state index contributed by atoms with van der Waals surface area (Å²) in [4.78, 5) is 37.8. The van der Waals surface area contributed by atoms with Crippen LogP contribution in [0.2, 0.25) is 0 Å². The highest BCUT2D eigenvalue weighted by Gasteiger charge is 2.36. The smallest absolute Gasteiger partial charge is 0.329 e. The second-order valence-corrected chi connectivity index (χ2v) is 12.6. The van der Waals surface area contributed by atoms with E-state index in [2.05, 4.69) is 21.3 Å². The van der Waals surface area contributed by atoms with Crippen molar-refractivity contribution in [3.05, 3.63) is 77.4 Å². The lowest BCUT2D eigenvalue weighted by molar-refractivity contribution is -0.143. The Morgan fingerprint density at radius 2 is 1.74 bits per heavy atom. The molecule has 1 fully saturated rings. The fraction of sp³-hybridized carbons (Fsp3) is 0.378. The number of carbonyl (C=O) groups is 3. The molecule has 1 aromatic heterocycles. The minimum atomic E-state index is -1.58. The third-order valence-corrected chi connectivity index (χ3v) is 9.39. The van der Waals surface area contributed by atoms with Gasteiger partial charge < -0.3 is 34.5 Å². The Balaban J connectivity index is 1.32. The number of nitrogens with zero attached hydrogens (tertiary/aromatic N) is 1. The van der Waals surface area contributed by atoms with Gasteiger partial charge in [-0.2, -0.15) is 0 Å². The summed E-state index contributed by atoms with van der Waals surface area (Å²) in [5.41, 5.74) is 3.87. The van der Waals surface area contributed by atoms with Gasteiger partial charge in [-0.1, -0.05) is 37.5 Å². The number of aromatic nitrogens is 1. The Morgan fingerprint density at radius 3 is 2.45 bits per heavy atom. The Labute approximate surface area is 274 Å². The Morgan fingerprint density at radius 1 is 1.00 bits per heavy atom. The number of hydrogen-bond donors (Lipinski definition) is 3. The van der Waals surface area contributed by atoms with Crippen LogP contribution in [0.5, 0.6) is 17.2 Å². The molecule has 6 rings (SSSR count). The molecule has 3 N–H and O–H groups in total. The summed E-state index contributed by atoms with van der Waals surface area (Å²) in [6.07, 6.45) is 5.88. The zero-order valence-corrected chi connectivity index (χ0v) is 27.1. The Hall–Kier alpha value is -4.99. The van der Waals surface area contributed by atoms with E-state index in [-0.39, 0.29) is 18.9 Å². The first-order chi connectivity index (χ1) is 22.7. The van der Waals surface area contributed by atoms with Crippen LogP contribution in [-0.4, -0.2) is 60.4 Å². The van der Waals surface area contributed by atoms with Crippen molar-refractivity contribution in [2.24, 2.45) is 0 Å². The summed E-state index contributed by atoms with van der Waals surface area (Å²) in [5.74, 6) is 0.527. The second kappa shape index (κ2) is 13.4. The monoisotopic (exact) mass is 639 g/mol. The number of carboxylic acid groups (broad SMARTS) is 1. The Bertz CT molecular complexity index is 1810. The van der Waals surface area contributed by atoms with E-state index in [0.29, 0.717) is 35.9 Å². The van der Waals surface area contributed by atoms with Gasteiger partial charge in [0.05, 0.1) is 19.3 Å². The summed E-state index contributed by atoms with van der Waals surface area (Å²) in [7, 11) is 3.18. The van der Waals surface area contributed by atoms with Gasteiger partial charge in [0.1, 0.15) is 29.4 Å².